The van der Waals surface area contributed by atoms with Crippen LogP contribution < -0.4 is 10.1 Å². The number of hydrogen-bond acceptors (Lipinski definition) is 3. The lowest BCUT2D eigenvalue weighted by molar-refractivity contribution is 0.213. The molecule has 1 N–H and O–H groups in total. The van der Waals surface area contributed by atoms with Crippen molar-refractivity contribution >= 4 is 0 Å². The summed E-state index contributed by atoms with van der Waals surface area (Å²) in [7, 11) is 1.65. The zero-order valence-corrected chi connectivity index (χ0v) is 14.0. The largest absolute Gasteiger partial charge is 0.481 e. The molecule has 2 unspecified atom stereocenters. The first-order chi connectivity index (χ1) is 9.99. The van der Waals surface area contributed by atoms with E-state index in [1.807, 2.05) is 12.3 Å². The maximum absolute atomic E-state index is 5.09. The lowest BCUT2D eigenvalue weighted by Gasteiger charge is -2.29. The molecule has 0 spiro atoms. The standard InChI is InChI=1S/C18H30N2O/c1-18(2,3)15-6-5-7-16(10-9-15)19-12-14-8-11-17(21-4)20-13-14/h8,11,13,15-16,19H,5-7,9-10,12H2,1-4H3. The van der Waals surface area contributed by atoms with Gasteiger partial charge in [0.2, 0.25) is 5.88 Å². The van der Waals surface area contributed by atoms with E-state index >= 15 is 0 Å². The molecule has 1 aromatic heterocycles. The first kappa shape index (κ1) is 16.3. The van der Waals surface area contributed by atoms with Gasteiger partial charge >= 0.3 is 0 Å². The van der Waals surface area contributed by atoms with Gasteiger partial charge in [-0.25, -0.2) is 4.98 Å². The predicted octanol–water partition coefficient (Wildman–Crippen LogP) is 4.17. The second-order valence-corrected chi connectivity index (χ2v) is 7.36. The third-order valence-corrected chi connectivity index (χ3v) is 4.80. The summed E-state index contributed by atoms with van der Waals surface area (Å²) in [5.74, 6) is 1.55. The summed E-state index contributed by atoms with van der Waals surface area (Å²) in [4.78, 5) is 4.26. The van der Waals surface area contributed by atoms with Crippen LogP contribution in [0.1, 0.15) is 58.4 Å². The molecule has 1 heterocycles. The van der Waals surface area contributed by atoms with Gasteiger partial charge in [0, 0.05) is 24.8 Å². The van der Waals surface area contributed by atoms with Crippen molar-refractivity contribution in [3.05, 3.63) is 23.9 Å². The summed E-state index contributed by atoms with van der Waals surface area (Å²) >= 11 is 0. The number of nitrogens with zero attached hydrogens (tertiary/aromatic N) is 1. The van der Waals surface area contributed by atoms with Crippen LogP contribution in [-0.4, -0.2) is 18.1 Å². The minimum absolute atomic E-state index is 0.453. The van der Waals surface area contributed by atoms with E-state index in [-0.39, 0.29) is 0 Å². The third-order valence-electron chi connectivity index (χ3n) is 4.80. The van der Waals surface area contributed by atoms with Crippen molar-refractivity contribution in [2.75, 3.05) is 7.11 Å². The van der Waals surface area contributed by atoms with Gasteiger partial charge in [0.15, 0.2) is 0 Å². The summed E-state index contributed by atoms with van der Waals surface area (Å²) in [5.41, 5.74) is 1.68. The van der Waals surface area contributed by atoms with Gasteiger partial charge in [0.1, 0.15) is 0 Å². The monoisotopic (exact) mass is 290 g/mol. The third kappa shape index (κ3) is 4.99. The number of rotatable bonds is 4. The van der Waals surface area contributed by atoms with Crippen LogP contribution in [0.5, 0.6) is 5.88 Å². The maximum Gasteiger partial charge on any atom is 0.212 e. The molecule has 2 rings (SSSR count). The second kappa shape index (κ2) is 7.26. The summed E-state index contributed by atoms with van der Waals surface area (Å²) < 4.78 is 5.09. The zero-order valence-electron chi connectivity index (χ0n) is 14.0. The lowest BCUT2D eigenvalue weighted by atomic mass is 9.76. The predicted molar refractivity (Wildman–Crippen MR) is 87.4 cm³/mol. The molecular formula is C18H30N2O. The second-order valence-electron chi connectivity index (χ2n) is 7.36. The van der Waals surface area contributed by atoms with E-state index in [9.17, 15) is 0 Å². The minimum Gasteiger partial charge on any atom is -0.481 e. The molecule has 0 aliphatic heterocycles. The molecular weight excluding hydrogens is 260 g/mol. The molecule has 0 saturated heterocycles. The summed E-state index contributed by atoms with van der Waals surface area (Å²) in [6.07, 6.45) is 8.58. The SMILES string of the molecule is COc1ccc(CNC2CCCC(C(C)(C)C)CC2)cn1. The Kier molecular flexibility index (Phi) is 5.63. The first-order valence-corrected chi connectivity index (χ1v) is 8.21. The van der Waals surface area contributed by atoms with Crippen molar-refractivity contribution in [3.8, 4) is 5.88 Å². The Morgan fingerprint density at radius 1 is 1.19 bits per heavy atom. The van der Waals surface area contributed by atoms with Crippen LogP contribution >= 0.6 is 0 Å². The Bertz CT molecular complexity index is 422. The molecule has 0 radical (unpaired) electrons. The van der Waals surface area contributed by atoms with Gasteiger partial charge in [-0.3, -0.25) is 0 Å². The molecule has 1 fully saturated rings. The van der Waals surface area contributed by atoms with Crippen LogP contribution in [0.3, 0.4) is 0 Å². The number of hydrogen-bond donors (Lipinski definition) is 1. The fourth-order valence-electron chi connectivity index (χ4n) is 3.27. The normalized spacial score (nSPS) is 23.6. The van der Waals surface area contributed by atoms with Crippen molar-refractivity contribution in [3.63, 3.8) is 0 Å². The smallest absolute Gasteiger partial charge is 0.212 e. The molecule has 0 aromatic carbocycles. The van der Waals surface area contributed by atoms with E-state index in [4.69, 9.17) is 4.74 Å². The van der Waals surface area contributed by atoms with Crippen LogP contribution in [0, 0.1) is 11.3 Å². The summed E-state index contributed by atoms with van der Waals surface area (Å²) in [6.45, 7) is 8.05. The van der Waals surface area contributed by atoms with Gasteiger partial charge in [-0.2, -0.15) is 0 Å². The summed E-state index contributed by atoms with van der Waals surface area (Å²) in [6, 6.07) is 4.67. The zero-order chi connectivity index (χ0) is 15.3. The number of aromatic nitrogens is 1. The molecule has 3 heteroatoms. The van der Waals surface area contributed by atoms with Gasteiger partial charge in [-0.05, 0) is 42.6 Å². The highest BCUT2D eigenvalue weighted by atomic mass is 16.5. The number of methoxy groups -OCH3 is 1. The number of pyridine rings is 1. The van der Waals surface area contributed by atoms with E-state index in [0.717, 1.165) is 12.5 Å². The maximum atomic E-state index is 5.09. The van der Waals surface area contributed by atoms with Crippen molar-refractivity contribution < 1.29 is 4.74 Å². The van der Waals surface area contributed by atoms with E-state index in [1.165, 1.54) is 37.7 Å². The highest BCUT2D eigenvalue weighted by Crippen LogP contribution is 2.36. The van der Waals surface area contributed by atoms with E-state index in [1.54, 1.807) is 7.11 Å². The molecule has 3 nitrogen and oxygen atoms in total. The van der Waals surface area contributed by atoms with Gasteiger partial charge in [0.25, 0.3) is 0 Å². The molecule has 1 aliphatic rings. The van der Waals surface area contributed by atoms with Crippen LogP contribution in [0.2, 0.25) is 0 Å². The fourth-order valence-corrected chi connectivity index (χ4v) is 3.27. The molecule has 0 bridgehead atoms. The van der Waals surface area contributed by atoms with Gasteiger partial charge in [0.05, 0.1) is 7.11 Å². The van der Waals surface area contributed by atoms with Gasteiger partial charge in [-0.1, -0.05) is 33.3 Å². The van der Waals surface area contributed by atoms with Crippen molar-refractivity contribution in [1.82, 2.24) is 10.3 Å². The van der Waals surface area contributed by atoms with Gasteiger partial charge in [-0.15, -0.1) is 0 Å². The average molecular weight is 290 g/mol. The molecule has 0 amide bonds. The first-order valence-electron chi connectivity index (χ1n) is 8.21. The van der Waals surface area contributed by atoms with Crippen molar-refractivity contribution in [1.29, 1.82) is 0 Å². The highest BCUT2D eigenvalue weighted by Gasteiger charge is 2.27. The Labute approximate surface area is 129 Å². The van der Waals surface area contributed by atoms with Crippen LogP contribution in [-0.2, 0) is 6.54 Å². The molecule has 1 saturated carbocycles. The van der Waals surface area contributed by atoms with E-state index in [2.05, 4.69) is 37.1 Å². The molecule has 1 aromatic rings. The molecule has 118 valence electrons. The topological polar surface area (TPSA) is 34.1 Å². The van der Waals surface area contributed by atoms with Crippen molar-refractivity contribution in [2.45, 2.75) is 65.5 Å². The van der Waals surface area contributed by atoms with Crippen molar-refractivity contribution in [2.24, 2.45) is 11.3 Å². The quantitative estimate of drug-likeness (QED) is 0.845. The van der Waals surface area contributed by atoms with E-state index in [0.29, 0.717) is 17.3 Å². The highest BCUT2D eigenvalue weighted by molar-refractivity contribution is 5.17. The van der Waals surface area contributed by atoms with Crippen LogP contribution in [0.25, 0.3) is 0 Å². The average Bonchev–Trinajstić information content (AvgIpc) is 2.71. The van der Waals surface area contributed by atoms with Crippen LogP contribution in [0.4, 0.5) is 0 Å². The van der Waals surface area contributed by atoms with E-state index < -0.39 is 0 Å². The van der Waals surface area contributed by atoms with Crippen LogP contribution in [0.15, 0.2) is 18.3 Å². The van der Waals surface area contributed by atoms with Gasteiger partial charge < -0.3 is 10.1 Å². The molecule has 21 heavy (non-hydrogen) atoms. The summed E-state index contributed by atoms with van der Waals surface area (Å²) in [5, 5.41) is 3.71. The minimum atomic E-state index is 0.453. The number of nitrogens with one attached hydrogen (secondary N) is 1. The lowest BCUT2D eigenvalue weighted by Crippen LogP contribution is -2.28. The Morgan fingerprint density at radius 2 is 2.00 bits per heavy atom. The molecule has 1 aliphatic carbocycles. The fraction of sp³-hybridized carbons (Fsp3) is 0.722. The molecule has 2 atom stereocenters. The Morgan fingerprint density at radius 3 is 2.62 bits per heavy atom. The Balaban J connectivity index is 1.80. The number of ether oxygens (including phenoxy) is 1. The Hall–Kier alpha value is -1.09.